The van der Waals surface area contributed by atoms with E-state index in [4.69, 9.17) is 0 Å². The molecule has 0 saturated carbocycles. The number of aromatic nitrogens is 1. The Labute approximate surface area is 142 Å². The molecule has 1 unspecified atom stereocenters. The lowest BCUT2D eigenvalue weighted by atomic mass is 9.90. The van der Waals surface area contributed by atoms with Crippen LogP contribution in [0.25, 0.3) is 10.9 Å². The Morgan fingerprint density at radius 3 is 2.92 bits per heavy atom. The Morgan fingerprint density at radius 2 is 2.04 bits per heavy atom. The van der Waals surface area contributed by atoms with Crippen LogP contribution in [0.4, 0.5) is 20.2 Å². The Kier molecular flexibility index (Phi) is 3.80. The SMILES string of the molecule is O=C1CC(CNc2ccnc3c(F)cc(F)cc23)c2ccccc2N1. The fourth-order valence-electron chi connectivity index (χ4n) is 3.25. The van der Waals surface area contributed by atoms with Crippen molar-refractivity contribution < 1.29 is 13.6 Å². The first-order valence-corrected chi connectivity index (χ1v) is 7.98. The lowest BCUT2D eigenvalue weighted by Crippen LogP contribution is -2.26. The summed E-state index contributed by atoms with van der Waals surface area (Å²) in [5.41, 5.74) is 2.56. The minimum Gasteiger partial charge on any atom is -0.384 e. The number of halogens is 2. The second-order valence-corrected chi connectivity index (χ2v) is 6.06. The lowest BCUT2D eigenvalue weighted by molar-refractivity contribution is -0.116. The first-order chi connectivity index (χ1) is 12.1. The minimum absolute atomic E-state index is 0.0217. The van der Waals surface area contributed by atoms with Gasteiger partial charge in [0, 0.05) is 47.9 Å². The number of fused-ring (bicyclic) bond motifs is 2. The summed E-state index contributed by atoms with van der Waals surface area (Å²) in [4.78, 5) is 15.9. The van der Waals surface area contributed by atoms with E-state index in [0.29, 0.717) is 24.0 Å². The molecule has 1 aliphatic heterocycles. The Bertz CT molecular complexity index is 974. The zero-order valence-electron chi connectivity index (χ0n) is 13.2. The zero-order chi connectivity index (χ0) is 17.4. The maximum atomic E-state index is 13.9. The maximum absolute atomic E-state index is 13.9. The van der Waals surface area contributed by atoms with E-state index in [0.717, 1.165) is 17.3 Å². The summed E-state index contributed by atoms with van der Waals surface area (Å²) in [5, 5.41) is 6.46. The van der Waals surface area contributed by atoms with E-state index in [1.807, 2.05) is 24.3 Å². The third-order valence-electron chi connectivity index (χ3n) is 4.41. The summed E-state index contributed by atoms with van der Waals surface area (Å²) in [6.45, 7) is 0.474. The molecule has 1 aliphatic rings. The molecular formula is C19H15F2N3O. The van der Waals surface area contributed by atoms with Crippen molar-refractivity contribution in [2.45, 2.75) is 12.3 Å². The van der Waals surface area contributed by atoms with E-state index in [2.05, 4.69) is 15.6 Å². The molecule has 0 radical (unpaired) electrons. The smallest absolute Gasteiger partial charge is 0.225 e. The number of nitrogens with one attached hydrogen (secondary N) is 2. The lowest BCUT2D eigenvalue weighted by Gasteiger charge is -2.26. The van der Waals surface area contributed by atoms with Crippen molar-refractivity contribution in [2.75, 3.05) is 17.2 Å². The fraction of sp³-hybridized carbons (Fsp3) is 0.158. The highest BCUT2D eigenvalue weighted by molar-refractivity contribution is 5.95. The summed E-state index contributed by atoms with van der Waals surface area (Å²) in [6.07, 6.45) is 1.84. The molecule has 1 atom stereocenters. The number of carbonyl (C=O) groups is 1. The molecule has 2 N–H and O–H groups in total. The molecule has 0 fully saturated rings. The molecule has 6 heteroatoms. The van der Waals surface area contributed by atoms with E-state index >= 15 is 0 Å². The van der Waals surface area contributed by atoms with Crippen molar-refractivity contribution in [3.05, 3.63) is 65.9 Å². The van der Waals surface area contributed by atoms with Crippen LogP contribution in [-0.2, 0) is 4.79 Å². The molecule has 3 aromatic rings. The number of benzene rings is 2. The molecule has 0 aliphatic carbocycles. The van der Waals surface area contributed by atoms with E-state index in [9.17, 15) is 13.6 Å². The standard InChI is InChI=1S/C19H15F2N3O/c20-12-8-14-16(5-6-22-19(14)15(21)9-12)23-10-11-7-18(25)24-17-4-2-1-3-13(11)17/h1-6,8-9,11H,7,10H2,(H,22,23)(H,24,25). The summed E-state index contributed by atoms with van der Waals surface area (Å²) < 4.78 is 27.5. The van der Waals surface area contributed by atoms with Crippen LogP contribution in [0.1, 0.15) is 17.9 Å². The number of para-hydroxylation sites is 1. The van der Waals surface area contributed by atoms with Gasteiger partial charge in [-0.2, -0.15) is 0 Å². The molecule has 4 nitrogen and oxygen atoms in total. The largest absolute Gasteiger partial charge is 0.384 e. The van der Waals surface area contributed by atoms with Gasteiger partial charge in [0.25, 0.3) is 0 Å². The van der Waals surface area contributed by atoms with E-state index in [1.54, 1.807) is 6.07 Å². The molecule has 2 heterocycles. The first kappa shape index (κ1) is 15.5. The van der Waals surface area contributed by atoms with E-state index in [1.165, 1.54) is 12.3 Å². The third kappa shape index (κ3) is 2.91. The molecule has 2 aromatic carbocycles. The monoisotopic (exact) mass is 339 g/mol. The van der Waals surface area contributed by atoms with Gasteiger partial charge in [0.2, 0.25) is 5.91 Å². The maximum Gasteiger partial charge on any atom is 0.225 e. The van der Waals surface area contributed by atoms with Gasteiger partial charge in [-0.15, -0.1) is 0 Å². The third-order valence-corrected chi connectivity index (χ3v) is 4.41. The quantitative estimate of drug-likeness (QED) is 0.757. The Hall–Kier alpha value is -3.02. The van der Waals surface area contributed by atoms with Gasteiger partial charge >= 0.3 is 0 Å². The minimum atomic E-state index is -0.693. The van der Waals surface area contributed by atoms with Crippen LogP contribution in [0.2, 0.25) is 0 Å². The van der Waals surface area contributed by atoms with E-state index in [-0.39, 0.29) is 17.3 Å². The number of carbonyl (C=O) groups excluding carboxylic acids is 1. The van der Waals surface area contributed by atoms with Crippen molar-refractivity contribution in [2.24, 2.45) is 0 Å². The van der Waals surface area contributed by atoms with E-state index < -0.39 is 11.6 Å². The van der Waals surface area contributed by atoms with Crippen molar-refractivity contribution in [1.82, 2.24) is 4.98 Å². The van der Waals surface area contributed by atoms with Crippen molar-refractivity contribution in [3.63, 3.8) is 0 Å². The molecule has 126 valence electrons. The Balaban J connectivity index is 1.64. The second-order valence-electron chi connectivity index (χ2n) is 6.06. The fourth-order valence-corrected chi connectivity index (χ4v) is 3.25. The molecular weight excluding hydrogens is 324 g/mol. The van der Waals surface area contributed by atoms with Gasteiger partial charge in [0.05, 0.1) is 0 Å². The number of amides is 1. The van der Waals surface area contributed by atoms with Crippen LogP contribution < -0.4 is 10.6 Å². The van der Waals surface area contributed by atoms with Gasteiger partial charge in [0.15, 0.2) is 5.82 Å². The summed E-state index contributed by atoms with van der Waals surface area (Å²) >= 11 is 0. The number of rotatable bonds is 3. The molecule has 1 aromatic heterocycles. The van der Waals surface area contributed by atoms with Gasteiger partial charge < -0.3 is 10.6 Å². The van der Waals surface area contributed by atoms with Gasteiger partial charge in [-0.25, -0.2) is 8.78 Å². The van der Waals surface area contributed by atoms with Crippen molar-refractivity contribution in [3.8, 4) is 0 Å². The highest BCUT2D eigenvalue weighted by Gasteiger charge is 2.24. The Morgan fingerprint density at radius 1 is 1.20 bits per heavy atom. The number of nitrogens with zero attached hydrogens (tertiary/aromatic N) is 1. The average Bonchev–Trinajstić information content (AvgIpc) is 2.59. The second kappa shape index (κ2) is 6.12. The molecule has 0 saturated heterocycles. The highest BCUT2D eigenvalue weighted by Crippen LogP contribution is 2.33. The van der Waals surface area contributed by atoms with Gasteiger partial charge in [-0.3, -0.25) is 9.78 Å². The highest BCUT2D eigenvalue weighted by atomic mass is 19.1. The van der Waals surface area contributed by atoms with Crippen molar-refractivity contribution >= 4 is 28.2 Å². The van der Waals surface area contributed by atoms with Gasteiger partial charge in [-0.1, -0.05) is 18.2 Å². The van der Waals surface area contributed by atoms with Crippen LogP contribution in [0.15, 0.2) is 48.7 Å². The summed E-state index contributed by atoms with van der Waals surface area (Å²) in [5.74, 6) is -1.40. The topological polar surface area (TPSA) is 54.0 Å². The molecule has 1 amide bonds. The summed E-state index contributed by atoms with van der Waals surface area (Å²) in [6, 6.07) is 11.4. The molecule has 25 heavy (non-hydrogen) atoms. The van der Waals surface area contributed by atoms with Crippen LogP contribution in [-0.4, -0.2) is 17.4 Å². The predicted molar refractivity (Wildman–Crippen MR) is 92.6 cm³/mol. The number of hydrogen-bond donors (Lipinski definition) is 2. The number of hydrogen-bond acceptors (Lipinski definition) is 3. The molecule has 0 spiro atoms. The number of pyridine rings is 1. The average molecular weight is 339 g/mol. The van der Waals surface area contributed by atoms with Crippen LogP contribution in [0, 0.1) is 11.6 Å². The van der Waals surface area contributed by atoms with Crippen molar-refractivity contribution in [1.29, 1.82) is 0 Å². The zero-order valence-corrected chi connectivity index (χ0v) is 13.2. The van der Waals surface area contributed by atoms with Gasteiger partial charge in [-0.05, 0) is 23.8 Å². The first-order valence-electron chi connectivity index (χ1n) is 7.98. The van der Waals surface area contributed by atoms with Crippen LogP contribution in [0.3, 0.4) is 0 Å². The van der Waals surface area contributed by atoms with Crippen LogP contribution >= 0.6 is 0 Å². The van der Waals surface area contributed by atoms with Crippen LogP contribution in [0.5, 0.6) is 0 Å². The molecule has 0 bridgehead atoms. The summed E-state index contributed by atoms with van der Waals surface area (Å²) in [7, 11) is 0. The van der Waals surface area contributed by atoms with Gasteiger partial charge in [0.1, 0.15) is 11.3 Å². The molecule has 4 rings (SSSR count). The predicted octanol–water partition coefficient (Wildman–Crippen LogP) is 4.05. The normalized spacial score (nSPS) is 16.4. The number of anilines is 2.